The van der Waals surface area contributed by atoms with Gasteiger partial charge in [0.05, 0.1) is 25.1 Å². The number of rotatable bonds is 8. The van der Waals surface area contributed by atoms with Gasteiger partial charge in [0, 0.05) is 38.3 Å². The Morgan fingerprint density at radius 3 is 2.48 bits per heavy atom. The third kappa shape index (κ3) is 5.32. The Hall–Kier alpha value is -4.71. The molecule has 12 heteroatoms. The second kappa shape index (κ2) is 11.6. The maximum atomic E-state index is 14.0. The van der Waals surface area contributed by atoms with Crippen LogP contribution in [0.4, 0.5) is 5.69 Å². The predicted octanol–water partition coefficient (Wildman–Crippen LogP) is 2.24. The molecule has 222 valence electrons. The van der Waals surface area contributed by atoms with Crippen molar-refractivity contribution in [3.05, 3.63) is 80.1 Å². The van der Waals surface area contributed by atoms with Crippen molar-refractivity contribution in [1.82, 2.24) is 30.4 Å². The van der Waals surface area contributed by atoms with Crippen LogP contribution in [0.25, 0.3) is 11.3 Å². The number of fused-ring (bicyclic) bond motifs is 3. The Kier molecular flexibility index (Phi) is 7.99. The fraction of sp³-hybridized carbons (Fsp3) is 0.367. The monoisotopic (exact) mass is 575 g/mol. The number of hydrogen-bond donors (Lipinski definition) is 4. The van der Waals surface area contributed by atoms with Gasteiger partial charge >= 0.3 is 5.69 Å². The van der Waals surface area contributed by atoms with Crippen LogP contribution in [0.3, 0.4) is 0 Å². The molecule has 42 heavy (non-hydrogen) atoms. The number of likely N-dealkylation sites (N-methyl/N-ethyl adjacent to an activating group) is 1. The first-order valence-electron chi connectivity index (χ1n) is 13.9. The highest BCUT2D eigenvalue weighted by atomic mass is 16.5. The van der Waals surface area contributed by atoms with Crippen LogP contribution in [0.15, 0.2) is 51.7 Å². The van der Waals surface area contributed by atoms with E-state index in [2.05, 4.69) is 28.4 Å². The van der Waals surface area contributed by atoms with E-state index in [4.69, 9.17) is 14.5 Å². The van der Waals surface area contributed by atoms with Crippen molar-refractivity contribution in [2.75, 3.05) is 27.3 Å². The predicted molar refractivity (Wildman–Crippen MR) is 158 cm³/mol. The van der Waals surface area contributed by atoms with Gasteiger partial charge in [0.1, 0.15) is 5.49 Å². The third-order valence-electron chi connectivity index (χ3n) is 7.47. The number of nitrogens with zero attached hydrogens (tertiary/aromatic N) is 4. The summed E-state index contributed by atoms with van der Waals surface area (Å²) in [6.07, 6.45) is 0.651. The van der Waals surface area contributed by atoms with Crippen LogP contribution >= 0.6 is 0 Å². The molecule has 1 aromatic heterocycles. The van der Waals surface area contributed by atoms with Crippen molar-refractivity contribution in [3.63, 3.8) is 0 Å². The van der Waals surface area contributed by atoms with E-state index in [1.807, 2.05) is 45.9 Å². The summed E-state index contributed by atoms with van der Waals surface area (Å²) in [7, 11) is 3.20. The second-order valence-corrected chi connectivity index (χ2v) is 10.4. The molecule has 0 saturated carbocycles. The Balaban J connectivity index is 1.64. The second-order valence-electron chi connectivity index (χ2n) is 10.4. The molecule has 0 spiro atoms. The zero-order chi connectivity index (χ0) is 30.1. The Labute approximate surface area is 243 Å². The van der Waals surface area contributed by atoms with Crippen molar-refractivity contribution < 1.29 is 19.4 Å². The number of aliphatic hydroxyl groups excluding tert-OH is 1. The minimum Gasteiger partial charge on any atom is -0.493 e. The zero-order valence-electron chi connectivity index (χ0n) is 24.8. The number of methoxy groups -OCH3 is 1. The van der Waals surface area contributed by atoms with Crippen LogP contribution in [0.2, 0.25) is 0 Å². The number of benzene rings is 2. The Morgan fingerprint density at radius 2 is 1.83 bits per heavy atom. The molecule has 2 aliphatic heterocycles. The van der Waals surface area contributed by atoms with Gasteiger partial charge in [-0.1, -0.05) is 17.7 Å². The summed E-state index contributed by atoms with van der Waals surface area (Å²) in [5, 5.41) is 14.8. The fourth-order valence-corrected chi connectivity index (χ4v) is 5.58. The summed E-state index contributed by atoms with van der Waals surface area (Å²) in [5.41, 5.74) is 12.0. The topological polar surface area (TPSA) is 134 Å². The maximum absolute atomic E-state index is 14.0. The summed E-state index contributed by atoms with van der Waals surface area (Å²) in [5.74, 6) is 0.508. The first kappa shape index (κ1) is 28.8. The molecule has 2 aliphatic rings. The summed E-state index contributed by atoms with van der Waals surface area (Å²) < 4.78 is 14.8. The summed E-state index contributed by atoms with van der Waals surface area (Å²) in [6.45, 7) is 9.35. The summed E-state index contributed by atoms with van der Waals surface area (Å²) in [4.78, 5) is 31.1. The van der Waals surface area contributed by atoms with E-state index in [9.17, 15) is 14.7 Å². The average molecular weight is 576 g/mol. The Morgan fingerprint density at radius 1 is 1.10 bits per heavy atom. The molecule has 0 aliphatic carbocycles. The number of aliphatic hydroxyl groups is 1. The first-order valence-corrected chi connectivity index (χ1v) is 13.9. The number of aryl methyl sites for hydroxylation is 4. The molecule has 5 rings (SSSR count). The number of hydrogen-bond acceptors (Lipinski definition) is 9. The smallest absolute Gasteiger partial charge is 0.330 e. The number of carbonyl (C=O) groups excluding carboxylic acids is 1. The molecule has 0 bridgehead atoms. The molecule has 3 aromatic rings. The normalized spacial score (nSPS) is 15.7. The molecule has 0 radical (unpaired) electrons. The molecule has 3 heterocycles. The maximum Gasteiger partial charge on any atom is 0.330 e. The van der Waals surface area contributed by atoms with Crippen molar-refractivity contribution >= 4 is 11.6 Å². The molecular formula is C30H37N7O5. The molecule has 1 fully saturated rings. The lowest BCUT2D eigenvalue weighted by Gasteiger charge is -2.25. The van der Waals surface area contributed by atoms with Crippen LogP contribution in [-0.2, 0) is 24.3 Å². The highest BCUT2D eigenvalue weighted by Gasteiger charge is 2.26. The van der Waals surface area contributed by atoms with E-state index in [1.165, 1.54) is 5.01 Å². The van der Waals surface area contributed by atoms with E-state index < -0.39 is 5.91 Å². The van der Waals surface area contributed by atoms with E-state index in [0.29, 0.717) is 36.6 Å². The van der Waals surface area contributed by atoms with Gasteiger partial charge in [0.25, 0.3) is 5.91 Å². The van der Waals surface area contributed by atoms with E-state index in [-0.39, 0.29) is 30.4 Å². The van der Waals surface area contributed by atoms with Gasteiger partial charge < -0.3 is 19.9 Å². The fourth-order valence-electron chi connectivity index (χ4n) is 5.58. The molecular weight excluding hydrogens is 538 g/mol. The first-order chi connectivity index (χ1) is 20.1. The molecule has 4 N–H and O–H groups in total. The third-order valence-corrected chi connectivity index (χ3v) is 7.47. The highest BCUT2D eigenvalue weighted by Crippen LogP contribution is 2.37. The molecule has 2 aromatic carbocycles. The molecule has 0 unspecified atom stereocenters. The van der Waals surface area contributed by atoms with Gasteiger partial charge in [-0.25, -0.2) is 9.79 Å². The van der Waals surface area contributed by atoms with Crippen LogP contribution in [0.5, 0.6) is 11.5 Å². The number of carbonyl (C=O) groups is 1. The molecule has 1 saturated heterocycles. The quantitative estimate of drug-likeness (QED) is 0.237. The van der Waals surface area contributed by atoms with Crippen LogP contribution in [0, 0.1) is 20.8 Å². The largest absolute Gasteiger partial charge is 0.493 e. The van der Waals surface area contributed by atoms with E-state index in [1.54, 1.807) is 23.3 Å². The van der Waals surface area contributed by atoms with Crippen LogP contribution < -0.4 is 36.9 Å². The number of nitrogens with one attached hydrogen (secondary N) is 3. The van der Waals surface area contributed by atoms with Gasteiger partial charge in [0.2, 0.25) is 5.88 Å². The van der Waals surface area contributed by atoms with Crippen molar-refractivity contribution in [2.45, 2.75) is 47.2 Å². The minimum absolute atomic E-state index is 0.0509. The summed E-state index contributed by atoms with van der Waals surface area (Å²) in [6, 6.07) is 9.98. The lowest BCUT2D eigenvalue weighted by atomic mass is 9.97. The number of ether oxygens (including phenoxy) is 2. The SMILES string of the molecule is CCOc1cc2c(cc1OC)-c1cc(=Nc3c(C)cc(C)cc3C)n(CCNC(O)=C3C(=O)NNN3C)c(=O)n1CC2. The van der Waals surface area contributed by atoms with Gasteiger partial charge in [-0.2, -0.15) is 0 Å². The summed E-state index contributed by atoms with van der Waals surface area (Å²) >= 11 is 0. The van der Waals surface area contributed by atoms with Gasteiger partial charge in [-0.3, -0.25) is 24.4 Å². The van der Waals surface area contributed by atoms with Crippen molar-refractivity contribution in [3.8, 4) is 22.8 Å². The van der Waals surface area contributed by atoms with Crippen LogP contribution in [-0.4, -0.2) is 52.5 Å². The lowest BCUT2D eigenvalue weighted by Crippen LogP contribution is -2.44. The average Bonchev–Trinajstić information content (AvgIpc) is 3.29. The minimum atomic E-state index is -0.466. The van der Waals surface area contributed by atoms with Gasteiger partial charge in [0.15, 0.2) is 17.2 Å². The van der Waals surface area contributed by atoms with Crippen molar-refractivity contribution in [2.24, 2.45) is 4.99 Å². The van der Waals surface area contributed by atoms with Crippen LogP contribution in [0.1, 0.15) is 29.2 Å². The zero-order valence-corrected chi connectivity index (χ0v) is 24.8. The van der Waals surface area contributed by atoms with Gasteiger partial charge in [-0.05, 0) is 62.9 Å². The number of amides is 1. The molecule has 12 nitrogen and oxygen atoms in total. The Bertz CT molecular complexity index is 1700. The number of aromatic nitrogens is 2. The molecule has 0 atom stereocenters. The molecule has 1 amide bonds. The highest BCUT2D eigenvalue weighted by molar-refractivity contribution is 5.94. The van der Waals surface area contributed by atoms with Crippen molar-refractivity contribution in [1.29, 1.82) is 0 Å². The van der Waals surface area contributed by atoms with E-state index >= 15 is 0 Å². The number of hydrazine groups is 2. The standard InChI is InChI=1S/C30H37N7O5/c1-7-42-24-14-20-8-10-36-22(21(20)15-23(24)41-6)16-25(32-26-18(3)12-17(2)13-19(26)4)37(30(36)40)11-9-31-28(38)27-29(39)33-34-35(27)5/h12-16,31,34,38H,7-11H2,1-6H3,(H,33,39). The van der Waals surface area contributed by atoms with Gasteiger partial charge in [-0.15, -0.1) is 5.53 Å². The lowest BCUT2D eigenvalue weighted by molar-refractivity contribution is -0.117. The van der Waals surface area contributed by atoms with E-state index in [0.717, 1.165) is 39.2 Å².